The quantitative estimate of drug-likeness (QED) is 0.712. The Kier molecular flexibility index (Phi) is 6.34. The van der Waals surface area contributed by atoms with Crippen molar-refractivity contribution in [2.24, 2.45) is 5.92 Å². The zero-order valence-electron chi connectivity index (χ0n) is 18.0. The molecule has 6 nitrogen and oxygen atoms in total. The van der Waals surface area contributed by atoms with E-state index in [2.05, 4.69) is 0 Å². The van der Waals surface area contributed by atoms with E-state index in [1.165, 1.54) is 12.1 Å². The molecule has 2 saturated heterocycles. The molecule has 1 atom stereocenters. The third-order valence-electron chi connectivity index (χ3n) is 5.84. The maximum Gasteiger partial charge on any atom is 0.416 e. The molecule has 0 bridgehead atoms. The molecule has 1 aromatic rings. The zero-order chi connectivity index (χ0) is 23.0. The Morgan fingerprint density at radius 1 is 0.935 bits per heavy atom. The molecule has 1 aromatic carbocycles. The summed E-state index contributed by atoms with van der Waals surface area (Å²) < 4.78 is 38.2. The molecule has 0 saturated carbocycles. The van der Waals surface area contributed by atoms with Crippen molar-refractivity contribution in [3.63, 3.8) is 0 Å². The molecule has 2 aliphatic rings. The van der Waals surface area contributed by atoms with Gasteiger partial charge in [-0.3, -0.25) is 14.4 Å². The van der Waals surface area contributed by atoms with Gasteiger partial charge >= 0.3 is 6.18 Å². The van der Waals surface area contributed by atoms with E-state index in [4.69, 9.17) is 0 Å². The molecular weight excluding hydrogens is 411 g/mol. The van der Waals surface area contributed by atoms with Gasteiger partial charge in [-0.1, -0.05) is 0 Å². The normalized spacial score (nSPS) is 20.8. The summed E-state index contributed by atoms with van der Waals surface area (Å²) in [7, 11) is 0. The summed E-state index contributed by atoms with van der Waals surface area (Å²) in [6, 6.07) is 4.17. The number of carbonyl (C=O) groups is 3. The monoisotopic (exact) mass is 439 g/mol. The highest BCUT2D eigenvalue weighted by Crippen LogP contribution is 2.30. The fraction of sp³-hybridized carbons (Fsp3) is 0.591. The highest BCUT2D eigenvalue weighted by Gasteiger charge is 2.41. The molecule has 2 aliphatic heterocycles. The van der Waals surface area contributed by atoms with Crippen molar-refractivity contribution in [2.45, 2.75) is 45.3 Å². The van der Waals surface area contributed by atoms with E-state index in [1.54, 1.807) is 14.7 Å². The van der Waals surface area contributed by atoms with Crippen LogP contribution in [0.5, 0.6) is 0 Å². The lowest BCUT2D eigenvalue weighted by Crippen LogP contribution is -2.44. The van der Waals surface area contributed by atoms with E-state index in [0.29, 0.717) is 39.1 Å². The summed E-state index contributed by atoms with van der Waals surface area (Å²) in [6.07, 6.45) is -3.68. The first-order chi connectivity index (χ1) is 14.4. The molecular formula is C22H28F3N3O3. The van der Waals surface area contributed by atoms with E-state index in [1.807, 2.05) is 20.8 Å². The Morgan fingerprint density at radius 3 is 2.06 bits per heavy atom. The summed E-state index contributed by atoms with van der Waals surface area (Å²) in [6.45, 7) is 7.75. The number of hydrogen-bond donors (Lipinski definition) is 0. The first-order valence-electron chi connectivity index (χ1n) is 10.4. The van der Waals surface area contributed by atoms with E-state index < -0.39 is 11.7 Å². The number of amides is 3. The Hall–Kier alpha value is -2.58. The van der Waals surface area contributed by atoms with Crippen molar-refractivity contribution in [3.8, 4) is 0 Å². The molecule has 2 fully saturated rings. The van der Waals surface area contributed by atoms with Crippen molar-refractivity contribution in [1.82, 2.24) is 14.7 Å². The summed E-state index contributed by atoms with van der Waals surface area (Å²) >= 11 is 0. The molecule has 9 heteroatoms. The third-order valence-corrected chi connectivity index (χ3v) is 5.84. The number of hydrogen-bond acceptors (Lipinski definition) is 3. The highest BCUT2D eigenvalue weighted by molar-refractivity contribution is 5.94. The van der Waals surface area contributed by atoms with Crippen LogP contribution in [0, 0.1) is 5.92 Å². The number of alkyl halides is 3. The molecule has 31 heavy (non-hydrogen) atoms. The van der Waals surface area contributed by atoms with Crippen LogP contribution in [0.25, 0.3) is 0 Å². The van der Waals surface area contributed by atoms with Gasteiger partial charge in [0.25, 0.3) is 5.91 Å². The van der Waals surface area contributed by atoms with Gasteiger partial charge < -0.3 is 14.7 Å². The number of likely N-dealkylation sites (tertiary alicyclic amines) is 1. The molecule has 1 unspecified atom stereocenters. The summed E-state index contributed by atoms with van der Waals surface area (Å²) in [5.74, 6) is -0.842. The van der Waals surface area contributed by atoms with E-state index in [9.17, 15) is 27.6 Å². The molecule has 0 radical (unpaired) electrons. The molecule has 0 aromatic heterocycles. The van der Waals surface area contributed by atoms with Gasteiger partial charge in [0.05, 0.1) is 11.5 Å². The number of halogens is 3. The van der Waals surface area contributed by atoms with Gasteiger partial charge in [0.2, 0.25) is 11.8 Å². The number of rotatable bonds is 2. The van der Waals surface area contributed by atoms with Gasteiger partial charge in [0.1, 0.15) is 0 Å². The zero-order valence-corrected chi connectivity index (χ0v) is 18.0. The minimum absolute atomic E-state index is 0.0280. The predicted molar refractivity (Wildman–Crippen MR) is 108 cm³/mol. The average Bonchev–Trinajstić information content (AvgIpc) is 2.93. The van der Waals surface area contributed by atoms with Crippen LogP contribution in [0.2, 0.25) is 0 Å². The first-order valence-corrected chi connectivity index (χ1v) is 10.4. The lowest BCUT2D eigenvalue weighted by molar-refractivity contribution is -0.137. The molecule has 170 valence electrons. The Bertz CT molecular complexity index is 846. The topological polar surface area (TPSA) is 60.9 Å². The molecule has 0 spiro atoms. The second kappa shape index (κ2) is 8.51. The fourth-order valence-electron chi connectivity index (χ4n) is 4.10. The third kappa shape index (κ3) is 5.19. The maximum atomic E-state index is 13.0. The average molecular weight is 439 g/mol. The SMILES string of the molecule is CC(C)(C)N1CC(C(=O)N2CCCN(C(=O)c3ccc(C(F)(F)F)cc3)CC2)CC1=O. The van der Waals surface area contributed by atoms with Crippen LogP contribution < -0.4 is 0 Å². The second-order valence-electron chi connectivity index (χ2n) is 9.12. The Labute approximate surface area is 180 Å². The van der Waals surface area contributed by atoms with Crippen molar-refractivity contribution in [3.05, 3.63) is 35.4 Å². The van der Waals surface area contributed by atoms with Gasteiger partial charge in [-0.05, 0) is 51.5 Å². The lowest BCUT2D eigenvalue weighted by atomic mass is 10.1. The van der Waals surface area contributed by atoms with Gasteiger partial charge in [0, 0.05) is 50.2 Å². The van der Waals surface area contributed by atoms with E-state index in [0.717, 1.165) is 12.1 Å². The lowest BCUT2D eigenvalue weighted by Gasteiger charge is -2.32. The molecule has 3 amide bonds. The van der Waals surface area contributed by atoms with Crippen LogP contribution in [0.15, 0.2) is 24.3 Å². The predicted octanol–water partition coefficient (Wildman–Crippen LogP) is 3.03. The van der Waals surface area contributed by atoms with Gasteiger partial charge in [0.15, 0.2) is 0 Å². The van der Waals surface area contributed by atoms with Crippen molar-refractivity contribution >= 4 is 17.7 Å². The maximum absolute atomic E-state index is 13.0. The van der Waals surface area contributed by atoms with Crippen LogP contribution in [0.3, 0.4) is 0 Å². The van der Waals surface area contributed by atoms with Crippen molar-refractivity contribution in [1.29, 1.82) is 0 Å². The molecule has 2 heterocycles. The van der Waals surface area contributed by atoms with Crippen molar-refractivity contribution in [2.75, 3.05) is 32.7 Å². The van der Waals surface area contributed by atoms with Crippen LogP contribution >= 0.6 is 0 Å². The minimum Gasteiger partial charge on any atom is -0.341 e. The number of benzene rings is 1. The van der Waals surface area contributed by atoms with Crippen LogP contribution in [0.4, 0.5) is 13.2 Å². The Balaban J connectivity index is 1.61. The van der Waals surface area contributed by atoms with Crippen LogP contribution in [-0.2, 0) is 15.8 Å². The van der Waals surface area contributed by atoms with Crippen LogP contribution in [-0.4, -0.2) is 70.7 Å². The van der Waals surface area contributed by atoms with E-state index in [-0.39, 0.29) is 41.2 Å². The second-order valence-corrected chi connectivity index (χ2v) is 9.12. The fourth-order valence-corrected chi connectivity index (χ4v) is 4.10. The molecule has 0 N–H and O–H groups in total. The number of nitrogens with zero attached hydrogens (tertiary/aromatic N) is 3. The highest BCUT2D eigenvalue weighted by atomic mass is 19.4. The standard InChI is InChI=1S/C22H28F3N3O3/c1-21(2,3)28-14-16(13-18(28)29)20(31)27-10-4-9-26(11-12-27)19(30)15-5-7-17(8-6-15)22(23,24)25/h5-8,16H,4,9-14H2,1-3H3. The van der Waals surface area contributed by atoms with Gasteiger partial charge in [-0.15, -0.1) is 0 Å². The Morgan fingerprint density at radius 2 is 1.52 bits per heavy atom. The minimum atomic E-state index is -4.45. The summed E-state index contributed by atoms with van der Waals surface area (Å²) in [5.41, 5.74) is -0.947. The largest absolute Gasteiger partial charge is 0.416 e. The van der Waals surface area contributed by atoms with Crippen molar-refractivity contribution < 1.29 is 27.6 Å². The van der Waals surface area contributed by atoms with Gasteiger partial charge in [-0.25, -0.2) is 0 Å². The summed E-state index contributed by atoms with van der Waals surface area (Å²) in [4.78, 5) is 43.0. The smallest absolute Gasteiger partial charge is 0.341 e. The molecule has 0 aliphatic carbocycles. The van der Waals surface area contributed by atoms with Gasteiger partial charge in [-0.2, -0.15) is 13.2 Å². The summed E-state index contributed by atoms with van der Waals surface area (Å²) in [5, 5.41) is 0. The van der Waals surface area contributed by atoms with E-state index >= 15 is 0 Å². The molecule has 3 rings (SSSR count). The van der Waals surface area contributed by atoms with Crippen LogP contribution in [0.1, 0.15) is 49.5 Å². The number of carbonyl (C=O) groups excluding carboxylic acids is 3. The first kappa shape index (κ1) is 23.1.